The molecule has 0 aromatic heterocycles. The number of hydrogen-bond donors (Lipinski definition) is 0. The number of carbonyl (C=O) groups is 3. The highest BCUT2D eigenvalue weighted by Gasteiger charge is 2.19. The van der Waals surface area contributed by atoms with Crippen LogP contribution in [0.25, 0.3) is 0 Å². The van der Waals surface area contributed by atoms with Gasteiger partial charge >= 0.3 is 17.9 Å². The van der Waals surface area contributed by atoms with Crippen LogP contribution in [0, 0.1) is 0 Å². The predicted molar refractivity (Wildman–Crippen MR) is 298 cm³/mol. The molecule has 0 spiro atoms. The molecular weight excluding hydrogens is 853 g/mol. The molecule has 0 rings (SSSR count). The molecule has 0 aliphatic rings. The SMILES string of the molecule is CC/C=C\C/C=C\C/C=C\C/C=C\CCCCCCCCCCCCCCCCCCCCCCCCC(=O)OCC(COC(=O)CCCCCCC)OC(=O)CCCCCCCCCCCCC. The molecule has 0 aliphatic heterocycles. The van der Waals surface area contributed by atoms with Gasteiger partial charge in [-0.3, -0.25) is 14.4 Å². The van der Waals surface area contributed by atoms with Crippen LogP contribution in [0.3, 0.4) is 0 Å². The molecule has 1 atom stereocenters. The van der Waals surface area contributed by atoms with Crippen molar-refractivity contribution < 1.29 is 28.6 Å². The van der Waals surface area contributed by atoms with Crippen LogP contribution in [0.15, 0.2) is 48.6 Å². The molecule has 0 aromatic rings. The van der Waals surface area contributed by atoms with Crippen LogP contribution in [-0.4, -0.2) is 37.2 Å². The first kappa shape index (κ1) is 66.4. The summed E-state index contributed by atoms with van der Waals surface area (Å²) in [4.78, 5) is 37.7. The maximum atomic E-state index is 12.7. The standard InChI is InChI=1S/C63H114O6/c1-4-7-10-13-15-17-19-20-21-22-23-24-25-26-27-28-29-30-31-32-33-34-35-36-37-38-39-40-41-42-44-45-47-50-53-56-62(65)68-59-60(58-67-61(64)55-52-49-12-9-6-3)69-63(66)57-54-51-48-46-43-18-16-14-11-8-5-2/h7,10,15,17,20-21,23-24,60H,4-6,8-9,11-14,16,18-19,22,25-59H2,1-3H3/b10-7-,17-15-,21-20-,24-23-. The Balaban J connectivity index is 3.81. The number of carbonyl (C=O) groups excluding carboxylic acids is 3. The number of ether oxygens (including phenoxy) is 3. The summed E-state index contributed by atoms with van der Waals surface area (Å²) in [5, 5.41) is 0. The summed E-state index contributed by atoms with van der Waals surface area (Å²) in [6.07, 6.45) is 71.9. The zero-order valence-corrected chi connectivity index (χ0v) is 46.1. The Hall–Kier alpha value is -2.63. The predicted octanol–water partition coefficient (Wildman–Crippen LogP) is 20.2. The lowest BCUT2D eigenvalue weighted by Crippen LogP contribution is -2.30. The van der Waals surface area contributed by atoms with Gasteiger partial charge in [0.25, 0.3) is 0 Å². The van der Waals surface area contributed by atoms with Gasteiger partial charge in [-0.25, -0.2) is 0 Å². The lowest BCUT2D eigenvalue weighted by molar-refractivity contribution is -0.167. The molecule has 0 saturated carbocycles. The minimum atomic E-state index is -0.762. The normalized spacial score (nSPS) is 12.3. The first-order valence-electron chi connectivity index (χ1n) is 30.1. The van der Waals surface area contributed by atoms with Crippen molar-refractivity contribution in [2.24, 2.45) is 0 Å². The quantitative estimate of drug-likeness (QED) is 0.0262. The second-order valence-corrected chi connectivity index (χ2v) is 20.2. The van der Waals surface area contributed by atoms with Crippen molar-refractivity contribution >= 4 is 17.9 Å². The Bertz CT molecular complexity index is 1200. The topological polar surface area (TPSA) is 78.9 Å². The van der Waals surface area contributed by atoms with Gasteiger partial charge in [-0.05, 0) is 57.8 Å². The lowest BCUT2D eigenvalue weighted by Gasteiger charge is -2.18. The molecule has 0 N–H and O–H groups in total. The highest BCUT2D eigenvalue weighted by molar-refractivity contribution is 5.71. The van der Waals surface area contributed by atoms with E-state index in [1.165, 1.54) is 186 Å². The van der Waals surface area contributed by atoms with Gasteiger partial charge in [-0.1, -0.05) is 288 Å². The molecule has 6 nitrogen and oxygen atoms in total. The summed E-state index contributed by atoms with van der Waals surface area (Å²) in [5.74, 6) is -0.867. The van der Waals surface area contributed by atoms with Gasteiger partial charge in [0.2, 0.25) is 0 Å². The van der Waals surface area contributed by atoms with Gasteiger partial charge in [-0.2, -0.15) is 0 Å². The van der Waals surface area contributed by atoms with Crippen molar-refractivity contribution in [2.75, 3.05) is 13.2 Å². The van der Waals surface area contributed by atoms with Crippen molar-refractivity contribution in [2.45, 2.75) is 322 Å². The van der Waals surface area contributed by atoms with E-state index in [1.807, 2.05) is 0 Å². The molecular formula is C63H114O6. The van der Waals surface area contributed by atoms with Crippen molar-refractivity contribution in [3.63, 3.8) is 0 Å². The summed E-state index contributed by atoms with van der Waals surface area (Å²) in [5.41, 5.74) is 0. The first-order chi connectivity index (χ1) is 34.0. The minimum absolute atomic E-state index is 0.0670. The maximum Gasteiger partial charge on any atom is 0.306 e. The summed E-state index contributed by atoms with van der Waals surface area (Å²) in [7, 11) is 0. The fourth-order valence-corrected chi connectivity index (χ4v) is 8.85. The molecule has 6 heteroatoms. The second kappa shape index (κ2) is 57.9. The van der Waals surface area contributed by atoms with E-state index in [2.05, 4.69) is 69.4 Å². The van der Waals surface area contributed by atoms with Crippen LogP contribution in [-0.2, 0) is 28.6 Å². The fraction of sp³-hybridized carbons (Fsp3) is 0.825. The lowest BCUT2D eigenvalue weighted by atomic mass is 10.0. The van der Waals surface area contributed by atoms with Crippen LogP contribution >= 0.6 is 0 Å². The average molecular weight is 968 g/mol. The zero-order chi connectivity index (χ0) is 50.0. The summed E-state index contributed by atoms with van der Waals surface area (Å²) in [6.45, 7) is 6.46. The summed E-state index contributed by atoms with van der Waals surface area (Å²) in [6, 6.07) is 0. The van der Waals surface area contributed by atoms with E-state index in [1.54, 1.807) is 0 Å². The second-order valence-electron chi connectivity index (χ2n) is 20.2. The third-order valence-electron chi connectivity index (χ3n) is 13.3. The third-order valence-corrected chi connectivity index (χ3v) is 13.3. The number of esters is 3. The molecule has 0 saturated heterocycles. The van der Waals surface area contributed by atoms with E-state index in [9.17, 15) is 14.4 Å². The molecule has 1 unspecified atom stereocenters. The molecule has 0 aromatic carbocycles. The van der Waals surface area contributed by atoms with Gasteiger partial charge in [0.05, 0.1) is 0 Å². The Kier molecular flexibility index (Phi) is 55.7. The number of allylic oxidation sites excluding steroid dienone is 8. The van der Waals surface area contributed by atoms with E-state index in [0.717, 1.165) is 89.9 Å². The van der Waals surface area contributed by atoms with Gasteiger partial charge < -0.3 is 14.2 Å². The maximum absolute atomic E-state index is 12.7. The van der Waals surface area contributed by atoms with Gasteiger partial charge in [0, 0.05) is 19.3 Å². The molecule has 402 valence electrons. The van der Waals surface area contributed by atoms with Gasteiger partial charge in [0.1, 0.15) is 13.2 Å². The average Bonchev–Trinajstić information content (AvgIpc) is 3.35. The molecule has 0 aliphatic carbocycles. The van der Waals surface area contributed by atoms with E-state index in [-0.39, 0.29) is 31.1 Å². The Labute approximate surface area is 428 Å². The van der Waals surface area contributed by atoms with Crippen molar-refractivity contribution in [1.29, 1.82) is 0 Å². The smallest absolute Gasteiger partial charge is 0.306 e. The Morgan fingerprint density at radius 1 is 0.304 bits per heavy atom. The monoisotopic (exact) mass is 967 g/mol. The molecule has 0 fully saturated rings. The first-order valence-corrected chi connectivity index (χ1v) is 30.1. The van der Waals surface area contributed by atoms with E-state index in [4.69, 9.17) is 14.2 Å². The highest BCUT2D eigenvalue weighted by atomic mass is 16.6. The van der Waals surface area contributed by atoms with E-state index >= 15 is 0 Å². The molecule has 0 amide bonds. The van der Waals surface area contributed by atoms with Crippen LogP contribution in [0.5, 0.6) is 0 Å². The molecule has 0 bridgehead atoms. The van der Waals surface area contributed by atoms with Crippen LogP contribution in [0.1, 0.15) is 316 Å². The molecule has 0 heterocycles. The third kappa shape index (κ3) is 56.2. The van der Waals surface area contributed by atoms with Crippen molar-refractivity contribution in [3.05, 3.63) is 48.6 Å². The Morgan fingerprint density at radius 2 is 0.565 bits per heavy atom. The number of hydrogen-bond acceptors (Lipinski definition) is 6. The number of rotatable bonds is 55. The van der Waals surface area contributed by atoms with Crippen LogP contribution < -0.4 is 0 Å². The Morgan fingerprint density at radius 3 is 0.884 bits per heavy atom. The number of unbranched alkanes of at least 4 members (excludes halogenated alkanes) is 36. The van der Waals surface area contributed by atoms with Crippen LogP contribution in [0.2, 0.25) is 0 Å². The van der Waals surface area contributed by atoms with E-state index < -0.39 is 6.10 Å². The largest absolute Gasteiger partial charge is 0.462 e. The summed E-state index contributed by atoms with van der Waals surface area (Å²) < 4.78 is 16.7. The van der Waals surface area contributed by atoms with Gasteiger partial charge in [0.15, 0.2) is 6.10 Å². The van der Waals surface area contributed by atoms with Gasteiger partial charge in [-0.15, -0.1) is 0 Å². The highest BCUT2D eigenvalue weighted by Crippen LogP contribution is 2.17. The zero-order valence-electron chi connectivity index (χ0n) is 46.1. The van der Waals surface area contributed by atoms with Crippen molar-refractivity contribution in [1.82, 2.24) is 0 Å². The minimum Gasteiger partial charge on any atom is -0.462 e. The van der Waals surface area contributed by atoms with Crippen molar-refractivity contribution in [3.8, 4) is 0 Å². The van der Waals surface area contributed by atoms with E-state index in [0.29, 0.717) is 19.3 Å². The molecule has 0 radical (unpaired) electrons. The van der Waals surface area contributed by atoms with Crippen LogP contribution in [0.4, 0.5) is 0 Å². The summed E-state index contributed by atoms with van der Waals surface area (Å²) >= 11 is 0. The molecule has 69 heavy (non-hydrogen) atoms. The fourth-order valence-electron chi connectivity index (χ4n) is 8.85.